The number of rotatable bonds is 1. The fourth-order valence-electron chi connectivity index (χ4n) is 2.66. The summed E-state index contributed by atoms with van der Waals surface area (Å²) in [6, 6.07) is 5.52. The molecule has 19 heavy (non-hydrogen) atoms. The molecule has 1 aliphatic heterocycles. The fourth-order valence-corrected chi connectivity index (χ4v) is 3.26. The zero-order chi connectivity index (χ0) is 13.7. The Morgan fingerprint density at radius 2 is 2.26 bits per heavy atom. The van der Waals surface area contributed by atoms with Gasteiger partial charge in [0.2, 0.25) is 0 Å². The number of halogens is 1. The standard InChI is InChI=1S/C13H10BrNO4/c1-6-4-7-2-3-9(14)10-8(13(17)19-18)5-15(11(7)10)12(6)16/h2-4,8,18H,5H2,1H3. The van der Waals surface area contributed by atoms with Gasteiger partial charge in [-0.25, -0.2) is 4.79 Å². The minimum absolute atomic E-state index is 0.125. The highest BCUT2D eigenvalue weighted by atomic mass is 79.9. The molecule has 1 N–H and O–H groups in total. The maximum absolute atomic E-state index is 12.1. The summed E-state index contributed by atoms with van der Waals surface area (Å²) >= 11 is 3.39. The van der Waals surface area contributed by atoms with Crippen LogP contribution in [0.1, 0.15) is 17.0 Å². The monoisotopic (exact) mass is 323 g/mol. The molecule has 1 unspecified atom stereocenters. The molecule has 1 aliphatic rings. The molecule has 0 bridgehead atoms. The van der Waals surface area contributed by atoms with Gasteiger partial charge >= 0.3 is 5.97 Å². The van der Waals surface area contributed by atoms with Crippen LogP contribution in [0.15, 0.2) is 27.5 Å². The lowest BCUT2D eigenvalue weighted by Crippen LogP contribution is -2.23. The third-order valence-corrected chi connectivity index (χ3v) is 4.20. The van der Waals surface area contributed by atoms with Gasteiger partial charge in [0.05, 0.1) is 5.52 Å². The highest BCUT2D eigenvalue weighted by molar-refractivity contribution is 9.10. The van der Waals surface area contributed by atoms with E-state index in [1.54, 1.807) is 17.6 Å². The highest BCUT2D eigenvalue weighted by Gasteiger charge is 2.34. The van der Waals surface area contributed by atoms with Gasteiger partial charge < -0.3 is 9.45 Å². The number of benzene rings is 1. The van der Waals surface area contributed by atoms with E-state index in [4.69, 9.17) is 5.26 Å². The molecule has 3 rings (SSSR count). The van der Waals surface area contributed by atoms with Crippen LogP contribution < -0.4 is 5.56 Å². The van der Waals surface area contributed by atoms with E-state index in [-0.39, 0.29) is 12.1 Å². The van der Waals surface area contributed by atoms with Crippen molar-refractivity contribution in [1.29, 1.82) is 0 Å². The van der Waals surface area contributed by atoms with E-state index in [0.717, 1.165) is 15.4 Å². The molecule has 0 radical (unpaired) electrons. The third kappa shape index (κ3) is 1.63. The first kappa shape index (κ1) is 12.4. The van der Waals surface area contributed by atoms with E-state index in [1.807, 2.05) is 12.1 Å². The number of carbonyl (C=O) groups is 1. The van der Waals surface area contributed by atoms with Gasteiger partial charge in [-0.2, -0.15) is 5.26 Å². The molecule has 98 valence electrons. The average Bonchev–Trinajstić information content (AvgIpc) is 2.80. The van der Waals surface area contributed by atoms with Gasteiger partial charge in [0.25, 0.3) is 5.56 Å². The van der Waals surface area contributed by atoms with Crippen molar-refractivity contribution in [3.05, 3.63) is 44.2 Å². The summed E-state index contributed by atoms with van der Waals surface area (Å²) in [7, 11) is 0. The van der Waals surface area contributed by atoms with Crippen LogP contribution in [0.5, 0.6) is 0 Å². The lowest BCUT2D eigenvalue weighted by molar-refractivity contribution is -0.236. The second-order valence-corrected chi connectivity index (χ2v) is 5.46. The van der Waals surface area contributed by atoms with Crippen LogP contribution in [-0.2, 0) is 16.2 Å². The number of carbonyl (C=O) groups excluding carboxylic acids is 1. The molecule has 1 atom stereocenters. The molecule has 2 aromatic rings. The quantitative estimate of drug-likeness (QED) is 0.645. The summed E-state index contributed by atoms with van der Waals surface area (Å²) < 4.78 is 2.29. The number of aryl methyl sites for hydroxylation is 1. The van der Waals surface area contributed by atoms with Crippen molar-refractivity contribution in [2.45, 2.75) is 19.4 Å². The van der Waals surface area contributed by atoms with Gasteiger partial charge in [-0.15, -0.1) is 0 Å². The summed E-state index contributed by atoms with van der Waals surface area (Å²) in [4.78, 5) is 27.7. The molecular formula is C13H10BrNO4. The number of hydrogen-bond donors (Lipinski definition) is 1. The molecule has 5 nitrogen and oxygen atoms in total. The number of pyridine rings is 1. The van der Waals surface area contributed by atoms with Crippen LogP contribution in [0.2, 0.25) is 0 Å². The molecule has 0 amide bonds. The normalized spacial score (nSPS) is 16.9. The van der Waals surface area contributed by atoms with Crippen LogP contribution >= 0.6 is 15.9 Å². The summed E-state index contributed by atoms with van der Waals surface area (Å²) in [5.74, 6) is -1.42. The van der Waals surface area contributed by atoms with E-state index < -0.39 is 11.9 Å². The van der Waals surface area contributed by atoms with Crippen molar-refractivity contribution in [1.82, 2.24) is 4.57 Å². The van der Waals surface area contributed by atoms with Gasteiger partial charge in [-0.05, 0) is 24.4 Å². The van der Waals surface area contributed by atoms with Crippen LogP contribution in [0.4, 0.5) is 0 Å². The Morgan fingerprint density at radius 1 is 1.53 bits per heavy atom. The Kier molecular flexibility index (Phi) is 2.72. The maximum atomic E-state index is 12.1. The van der Waals surface area contributed by atoms with Gasteiger partial charge in [-0.3, -0.25) is 4.79 Å². The zero-order valence-electron chi connectivity index (χ0n) is 10.0. The van der Waals surface area contributed by atoms with Crippen LogP contribution in [-0.4, -0.2) is 15.8 Å². The second kappa shape index (κ2) is 4.18. The van der Waals surface area contributed by atoms with Crippen LogP contribution in [0.3, 0.4) is 0 Å². The predicted molar refractivity (Wildman–Crippen MR) is 72.1 cm³/mol. The SMILES string of the molecule is Cc1cc2ccc(Br)c3c2n(c1=O)CC3C(=O)OO. The first-order chi connectivity index (χ1) is 9.04. The Balaban J connectivity index is 2.41. The third-order valence-electron chi connectivity index (χ3n) is 3.51. The summed E-state index contributed by atoms with van der Waals surface area (Å²) in [5, 5.41) is 9.48. The van der Waals surface area contributed by atoms with E-state index in [0.29, 0.717) is 11.1 Å². The molecule has 1 aromatic carbocycles. The predicted octanol–water partition coefficient (Wildman–Crippen LogP) is 2.19. The molecule has 1 aromatic heterocycles. The summed E-state index contributed by atoms with van der Waals surface area (Å²) in [5.41, 5.74) is 1.91. The smallest absolute Gasteiger partial charge is 0.306 e. The zero-order valence-corrected chi connectivity index (χ0v) is 11.6. The summed E-state index contributed by atoms with van der Waals surface area (Å²) in [6.45, 7) is 1.93. The number of aromatic nitrogens is 1. The minimum Gasteiger partial charge on any atom is -0.306 e. The maximum Gasteiger partial charge on any atom is 0.351 e. The molecular weight excluding hydrogens is 314 g/mol. The first-order valence-electron chi connectivity index (χ1n) is 5.72. The number of nitrogens with zero attached hydrogens (tertiary/aromatic N) is 1. The number of hydrogen-bond acceptors (Lipinski definition) is 4. The van der Waals surface area contributed by atoms with Crippen molar-refractivity contribution in [3.8, 4) is 0 Å². The fraction of sp³-hybridized carbons (Fsp3) is 0.231. The molecule has 0 fully saturated rings. The van der Waals surface area contributed by atoms with Gasteiger partial charge in [-0.1, -0.05) is 22.0 Å². The summed E-state index contributed by atoms with van der Waals surface area (Å²) in [6.07, 6.45) is 0. The average molecular weight is 324 g/mol. The highest BCUT2D eigenvalue weighted by Crippen LogP contribution is 2.38. The van der Waals surface area contributed by atoms with Crippen molar-refractivity contribution in [2.75, 3.05) is 0 Å². The van der Waals surface area contributed by atoms with Crippen LogP contribution in [0.25, 0.3) is 10.9 Å². The molecule has 0 saturated carbocycles. The Labute approximate surface area is 116 Å². The minimum atomic E-state index is -0.756. The van der Waals surface area contributed by atoms with E-state index in [2.05, 4.69) is 20.8 Å². The van der Waals surface area contributed by atoms with Crippen molar-refractivity contribution in [2.24, 2.45) is 0 Å². The van der Waals surface area contributed by atoms with Crippen LogP contribution in [0, 0.1) is 6.92 Å². The van der Waals surface area contributed by atoms with Gasteiger partial charge in [0.15, 0.2) is 0 Å². The van der Waals surface area contributed by atoms with Gasteiger partial charge in [0, 0.05) is 22.1 Å². The molecule has 6 heteroatoms. The van der Waals surface area contributed by atoms with E-state index in [9.17, 15) is 9.59 Å². The Hall–Kier alpha value is -1.66. The first-order valence-corrected chi connectivity index (χ1v) is 6.51. The second-order valence-electron chi connectivity index (χ2n) is 4.60. The van der Waals surface area contributed by atoms with E-state index in [1.165, 1.54) is 0 Å². The topological polar surface area (TPSA) is 68.5 Å². The van der Waals surface area contributed by atoms with Crippen molar-refractivity contribution >= 4 is 32.8 Å². The lowest BCUT2D eigenvalue weighted by Gasteiger charge is -2.08. The molecule has 2 heterocycles. The lowest BCUT2D eigenvalue weighted by atomic mass is 10.00. The van der Waals surface area contributed by atoms with Gasteiger partial charge in [0.1, 0.15) is 5.92 Å². The molecule has 0 spiro atoms. The Bertz CT molecular complexity index is 765. The molecule has 0 saturated heterocycles. The van der Waals surface area contributed by atoms with E-state index >= 15 is 0 Å². The Morgan fingerprint density at radius 3 is 2.95 bits per heavy atom. The molecule has 0 aliphatic carbocycles. The van der Waals surface area contributed by atoms with Crippen molar-refractivity contribution < 1.29 is 14.9 Å². The largest absolute Gasteiger partial charge is 0.351 e. The van der Waals surface area contributed by atoms with Crippen molar-refractivity contribution in [3.63, 3.8) is 0 Å².